The number of carboxylic acid groups (broad SMARTS) is 1. The molecule has 0 spiro atoms. The lowest BCUT2D eigenvalue weighted by Gasteiger charge is -2.11. The van der Waals surface area contributed by atoms with Gasteiger partial charge in [-0.05, 0) is 30.7 Å². The number of aromatic hydroxyl groups is 4. The van der Waals surface area contributed by atoms with Crippen molar-refractivity contribution in [3.8, 4) is 23.0 Å². The fourth-order valence-corrected chi connectivity index (χ4v) is 2.13. The highest BCUT2D eigenvalue weighted by atomic mass is 16.4. The Morgan fingerprint density at radius 1 is 0.818 bits per heavy atom. The van der Waals surface area contributed by atoms with Crippen LogP contribution in [0.3, 0.4) is 0 Å². The molecule has 0 aliphatic carbocycles. The van der Waals surface area contributed by atoms with Gasteiger partial charge in [0.05, 0.1) is 11.1 Å². The van der Waals surface area contributed by atoms with E-state index in [0.29, 0.717) is 5.56 Å². The average molecular weight is 304 g/mol. The third-order valence-corrected chi connectivity index (χ3v) is 3.03. The number of carbonyl (C=O) groups excluding carboxylic acids is 1. The molecule has 0 saturated heterocycles. The molecule has 2 aromatic carbocycles. The molecule has 0 amide bonds. The van der Waals surface area contributed by atoms with Crippen LogP contribution in [0.15, 0.2) is 24.3 Å². The summed E-state index contributed by atoms with van der Waals surface area (Å²) in [7, 11) is 0. The SMILES string of the molecule is Cc1cc(O)c(C(=O)c2c(O)cc(O)cc2C(=O)O)c(O)c1. The number of phenols is 4. The van der Waals surface area contributed by atoms with Crippen LogP contribution in [0.5, 0.6) is 23.0 Å². The lowest BCUT2D eigenvalue weighted by Crippen LogP contribution is -2.10. The van der Waals surface area contributed by atoms with E-state index >= 15 is 0 Å². The molecule has 22 heavy (non-hydrogen) atoms. The smallest absolute Gasteiger partial charge is 0.336 e. The van der Waals surface area contributed by atoms with Crippen molar-refractivity contribution in [3.63, 3.8) is 0 Å². The first kappa shape index (κ1) is 15.2. The summed E-state index contributed by atoms with van der Waals surface area (Å²) in [4.78, 5) is 23.6. The van der Waals surface area contributed by atoms with Crippen molar-refractivity contribution in [1.82, 2.24) is 0 Å². The van der Waals surface area contributed by atoms with Crippen LogP contribution in [0.25, 0.3) is 0 Å². The Hall–Kier alpha value is -3.22. The molecule has 0 saturated carbocycles. The highest BCUT2D eigenvalue weighted by molar-refractivity contribution is 6.18. The fraction of sp³-hybridized carbons (Fsp3) is 0.0667. The molecule has 0 heterocycles. The lowest BCUT2D eigenvalue weighted by atomic mass is 9.95. The average Bonchev–Trinajstić information content (AvgIpc) is 2.35. The summed E-state index contributed by atoms with van der Waals surface area (Å²) in [6.45, 7) is 1.58. The summed E-state index contributed by atoms with van der Waals surface area (Å²) >= 11 is 0. The Morgan fingerprint density at radius 2 is 1.32 bits per heavy atom. The lowest BCUT2D eigenvalue weighted by molar-refractivity contribution is 0.0691. The molecule has 0 fully saturated rings. The molecule has 2 rings (SSSR count). The summed E-state index contributed by atoms with van der Waals surface area (Å²) in [6, 6.07) is 4.01. The third-order valence-electron chi connectivity index (χ3n) is 3.03. The minimum atomic E-state index is -1.55. The topological polar surface area (TPSA) is 135 Å². The molecule has 0 unspecified atom stereocenters. The van der Waals surface area contributed by atoms with Crippen LogP contribution in [0.4, 0.5) is 0 Å². The van der Waals surface area contributed by atoms with Crippen LogP contribution in [-0.4, -0.2) is 37.3 Å². The van der Waals surface area contributed by atoms with Crippen molar-refractivity contribution in [2.24, 2.45) is 0 Å². The number of aromatic carboxylic acids is 1. The number of ketones is 1. The monoisotopic (exact) mass is 304 g/mol. The number of hydrogen-bond acceptors (Lipinski definition) is 6. The van der Waals surface area contributed by atoms with E-state index in [1.54, 1.807) is 6.92 Å². The summed E-state index contributed by atoms with van der Waals surface area (Å²) < 4.78 is 0. The first-order valence-electron chi connectivity index (χ1n) is 6.09. The minimum absolute atomic E-state index is 0.486. The molecule has 5 N–H and O–H groups in total. The van der Waals surface area contributed by atoms with Crippen LogP contribution >= 0.6 is 0 Å². The van der Waals surface area contributed by atoms with E-state index in [0.717, 1.165) is 12.1 Å². The second-order valence-electron chi connectivity index (χ2n) is 4.70. The van der Waals surface area contributed by atoms with Crippen LogP contribution in [0, 0.1) is 6.92 Å². The zero-order chi connectivity index (χ0) is 16.6. The standard InChI is InChI=1S/C15H12O7/c1-6-2-9(17)13(10(18)3-6)14(20)12-8(15(21)22)4-7(16)5-11(12)19/h2-5,16-19H,1H3,(H,21,22). The Kier molecular flexibility index (Phi) is 3.64. The van der Waals surface area contributed by atoms with Gasteiger partial charge in [0.25, 0.3) is 0 Å². The molecule has 0 aliphatic rings. The van der Waals surface area contributed by atoms with E-state index in [4.69, 9.17) is 5.11 Å². The Labute approximate surface area is 124 Å². The van der Waals surface area contributed by atoms with Crippen LogP contribution in [0.2, 0.25) is 0 Å². The summed E-state index contributed by atoms with van der Waals surface area (Å²) in [5.41, 5.74) is -1.34. The van der Waals surface area contributed by atoms with Gasteiger partial charge >= 0.3 is 5.97 Å². The molecular formula is C15H12O7. The summed E-state index contributed by atoms with van der Waals surface area (Å²) in [5.74, 6) is -5.05. The van der Waals surface area contributed by atoms with Gasteiger partial charge < -0.3 is 25.5 Å². The van der Waals surface area contributed by atoms with Crippen molar-refractivity contribution in [3.05, 3.63) is 46.5 Å². The number of carbonyl (C=O) groups is 2. The van der Waals surface area contributed by atoms with Gasteiger partial charge in [0.1, 0.15) is 28.6 Å². The Morgan fingerprint density at radius 3 is 1.82 bits per heavy atom. The van der Waals surface area contributed by atoms with Gasteiger partial charge in [0.2, 0.25) is 5.78 Å². The van der Waals surface area contributed by atoms with Crippen molar-refractivity contribution < 1.29 is 35.1 Å². The molecule has 2 aromatic rings. The first-order chi connectivity index (χ1) is 10.2. The van der Waals surface area contributed by atoms with E-state index in [1.807, 2.05) is 0 Å². The van der Waals surface area contributed by atoms with Crippen molar-refractivity contribution in [1.29, 1.82) is 0 Å². The number of benzene rings is 2. The van der Waals surface area contributed by atoms with E-state index < -0.39 is 51.4 Å². The molecule has 0 radical (unpaired) electrons. The van der Waals surface area contributed by atoms with Crippen LogP contribution in [0.1, 0.15) is 31.8 Å². The number of hydrogen-bond donors (Lipinski definition) is 5. The molecule has 0 atom stereocenters. The Balaban J connectivity index is 2.73. The number of phenolic OH excluding ortho intramolecular Hbond substituents is 4. The van der Waals surface area contributed by atoms with Crippen LogP contribution < -0.4 is 0 Å². The van der Waals surface area contributed by atoms with Gasteiger partial charge in [-0.1, -0.05) is 0 Å². The predicted molar refractivity (Wildman–Crippen MR) is 74.7 cm³/mol. The molecule has 114 valence electrons. The molecule has 0 aliphatic heterocycles. The number of carboxylic acids is 1. The fourth-order valence-electron chi connectivity index (χ4n) is 2.13. The predicted octanol–water partition coefficient (Wildman–Crippen LogP) is 1.75. The molecule has 7 heteroatoms. The Bertz CT molecular complexity index is 770. The molecular weight excluding hydrogens is 292 g/mol. The second-order valence-corrected chi connectivity index (χ2v) is 4.70. The maximum Gasteiger partial charge on any atom is 0.336 e. The van der Waals surface area contributed by atoms with Gasteiger partial charge in [0.15, 0.2) is 0 Å². The van der Waals surface area contributed by atoms with Gasteiger partial charge in [-0.3, -0.25) is 4.79 Å². The van der Waals surface area contributed by atoms with E-state index in [2.05, 4.69) is 0 Å². The number of rotatable bonds is 3. The zero-order valence-electron chi connectivity index (χ0n) is 11.4. The zero-order valence-corrected chi connectivity index (χ0v) is 11.4. The van der Waals surface area contributed by atoms with E-state index in [1.165, 1.54) is 12.1 Å². The van der Waals surface area contributed by atoms with Gasteiger partial charge in [-0.15, -0.1) is 0 Å². The van der Waals surface area contributed by atoms with Crippen LogP contribution in [-0.2, 0) is 0 Å². The highest BCUT2D eigenvalue weighted by Gasteiger charge is 2.27. The van der Waals surface area contributed by atoms with E-state index in [9.17, 15) is 30.0 Å². The van der Waals surface area contributed by atoms with E-state index in [-0.39, 0.29) is 0 Å². The third kappa shape index (κ3) is 2.51. The van der Waals surface area contributed by atoms with Gasteiger partial charge in [-0.2, -0.15) is 0 Å². The maximum absolute atomic E-state index is 12.4. The second kappa shape index (κ2) is 5.28. The maximum atomic E-state index is 12.4. The normalized spacial score (nSPS) is 10.4. The highest BCUT2D eigenvalue weighted by Crippen LogP contribution is 2.35. The van der Waals surface area contributed by atoms with Crippen molar-refractivity contribution in [2.45, 2.75) is 6.92 Å². The number of aryl methyl sites for hydroxylation is 1. The summed E-state index contributed by atoms with van der Waals surface area (Å²) in [6.07, 6.45) is 0. The molecule has 7 nitrogen and oxygen atoms in total. The largest absolute Gasteiger partial charge is 0.508 e. The molecule has 0 bridgehead atoms. The van der Waals surface area contributed by atoms with Crippen molar-refractivity contribution >= 4 is 11.8 Å². The molecule has 0 aromatic heterocycles. The van der Waals surface area contributed by atoms with Crippen molar-refractivity contribution in [2.75, 3.05) is 0 Å². The first-order valence-corrected chi connectivity index (χ1v) is 6.09. The van der Waals surface area contributed by atoms with Gasteiger partial charge in [0, 0.05) is 6.07 Å². The van der Waals surface area contributed by atoms with Gasteiger partial charge in [-0.25, -0.2) is 4.79 Å². The summed E-state index contributed by atoms with van der Waals surface area (Å²) in [5, 5.41) is 47.8. The minimum Gasteiger partial charge on any atom is -0.508 e. The quantitative estimate of drug-likeness (QED) is 0.545.